The quantitative estimate of drug-likeness (QED) is 0.205. The predicted molar refractivity (Wildman–Crippen MR) is 182 cm³/mol. The van der Waals surface area contributed by atoms with Gasteiger partial charge in [0.1, 0.15) is 11.0 Å². The lowest BCUT2D eigenvalue weighted by Crippen LogP contribution is -2.66. The number of aliphatic hydroxyl groups excluding tert-OH is 1. The molecule has 0 aromatic heterocycles. The molecule has 4 nitrogen and oxygen atoms in total. The molecule has 43 heavy (non-hydrogen) atoms. The van der Waals surface area contributed by atoms with Crippen molar-refractivity contribution in [2.45, 2.75) is 76.9 Å². The molecular weight excluding hydrogens is 567 g/mol. The Morgan fingerprint density at radius 3 is 1.86 bits per heavy atom. The van der Waals surface area contributed by atoms with Crippen molar-refractivity contribution in [3.05, 3.63) is 120 Å². The number of rotatable bonds is 9. The first-order valence-corrected chi connectivity index (χ1v) is 18.2. The Balaban J connectivity index is 1.59. The second-order valence-corrected chi connectivity index (χ2v) is 20.0. The van der Waals surface area contributed by atoms with E-state index in [1.54, 1.807) is 0 Å². The van der Waals surface area contributed by atoms with Crippen LogP contribution in [0.2, 0.25) is 5.04 Å². The second kappa shape index (κ2) is 12.6. The van der Waals surface area contributed by atoms with Crippen LogP contribution in [0.3, 0.4) is 0 Å². The molecule has 1 N–H and O–H groups in total. The van der Waals surface area contributed by atoms with E-state index in [9.17, 15) is 9.32 Å². The van der Waals surface area contributed by atoms with Crippen LogP contribution in [0.5, 0.6) is 0 Å². The highest BCUT2D eigenvalue weighted by Crippen LogP contribution is 2.45. The Morgan fingerprint density at radius 1 is 0.837 bits per heavy atom. The van der Waals surface area contributed by atoms with Gasteiger partial charge in [0.05, 0.1) is 17.4 Å². The average molecular weight is 612 g/mol. The van der Waals surface area contributed by atoms with Gasteiger partial charge in [0.15, 0.2) is 0 Å². The molecular formula is C37H45NO3SSi. The highest BCUT2D eigenvalue weighted by Gasteiger charge is 2.50. The summed E-state index contributed by atoms with van der Waals surface area (Å²) in [5.41, 5.74) is 5.43. The number of aliphatic hydroxyl groups is 1. The third kappa shape index (κ3) is 6.22. The zero-order valence-electron chi connectivity index (χ0n) is 26.3. The molecule has 226 valence electrons. The summed E-state index contributed by atoms with van der Waals surface area (Å²) in [7, 11) is -3.95. The van der Waals surface area contributed by atoms with E-state index in [4.69, 9.17) is 4.43 Å². The smallest absolute Gasteiger partial charge is 0.261 e. The second-order valence-electron chi connectivity index (χ2n) is 13.5. The first kappa shape index (κ1) is 31.5. The third-order valence-electron chi connectivity index (χ3n) is 8.46. The van der Waals surface area contributed by atoms with Crippen LogP contribution >= 0.6 is 0 Å². The normalized spacial score (nSPS) is 16.7. The minimum atomic E-state index is -2.72. The molecule has 0 aliphatic carbocycles. The lowest BCUT2D eigenvalue weighted by Gasteiger charge is -2.43. The SMILES string of the molecule is CC(C)(C)[S@@](=O)N1Cc2cc(CO)cc(-c3ccccc3)c2[C@H]1CCO[Si](c1ccccc1)(c1ccccc1)C(C)(C)C. The summed E-state index contributed by atoms with van der Waals surface area (Å²) in [4.78, 5) is 0. The number of hydrogen-bond donors (Lipinski definition) is 1. The Morgan fingerprint density at radius 2 is 1.37 bits per heavy atom. The minimum absolute atomic E-state index is 0.0306. The number of fused-ring (bicyclic) bond motifs is 1. The summed E-state index contributed by atoms with van der Waals surface area (Å²) in [6, 6.07) is 36.0. The summed E-state index contributed by atoms with van der Waals surface area (Å²) < 4.78 is 23.1. The Hall–Kier alpha value is -2.87. The molecule has 0 radical (unpaired) electrons. The van der Waals surface area contributed by atoms with Crippen LogP contribution in [0, 0.1) is 0 Å². The van der Waals surface area contributed by atoms with Crippen LogP contribution in [-0.2, 0) is 28.6 Å². The van der Waals surface area contributed by atoms with E-state index in [-0.39, 0.29) is 17.7 Å². The fourth-order valence-electron chi connectivity index (χ4n) is 6.57. The molecule has 0 spiro atoms. The van der Waals surface area contributed by atoms with Crippen LogP contribution in [0.15, 0.2) is 103 Å². The maximum absolute atomic E-state index is 14.1. The third-order valence-corrected chi connectivity index (χ3v) is 15.4. The molecule has 1 aliphatic rings. The summed E-state index contributed by atoms with van der Waals surface area (Å²) in [6.45, 7) is 14.1. The van der Waals surface area contributed by atoms with Gasteiger partial charge in [0.2, 0.25) is 0 Å². The fraction of sp³-hybridized carbons (Fsp3) is 0.351. The zero-order chi connectivity index (χ0) is 30.8. The molecule has 1 aliphatic heterocycles. The van der Waals surface area contributed by atoms with Crippen molar-refractivity contribution in [2.75, 3.05) is 6.61 Å². The van der Waals surface area contributed by atoms with Gasteiger partial charge in [-0.25, -0.2) is 8.51 Å². The monoisotopic (exact) mass is 611 g/mol. The fourth-order valence-corrected chi connectivity index (χ4v) is 12.6. The van der Waals surface area contributed by atoms with Gasteiger partial charge in [-0.2, -0.15) is 0 Å². The zero-order valence-corrected chi connectivity index (χ0v) is 28.2. The first-order valence-electron chi connectivity index (χ1n) is 15.2. The highest BCUT2D eigenvalue weighted by atomic mass is 32.2. The van der Waals surface area contributed by atoms with E-state index in [0.29, 0.717) is 19.6 Å². The predicted octanol–water partition coefficient (Wildman–Crippen LogP) is 7.13. The van der Waals surface area contributed by atoms with Gasteiger partial charge in [-0.15, -0.1) is 0 Å². The van der Waals surface area contributed by atoms with E-state index in [2.05, 4.69) is 122 Å². The Labute approximate surface area is 261 Å². The molecule has 0 saturated carbocycles. The van der Waals surface area contributed by atoms with Crippen LogP contribution in [0.25, 0.3) is 11.1 Å². The van der Waals surface area contributed by atoms with Crippen LogP contribution < -0.4 is 10.4 Å². The van der Waals surface area contributed by atoms with Gasteiger partial charge < -0.3 is 9.53 Å². The van der Waals surface area contributed by atoms with Crippen molar-refractivity contribution in [1.29, 1.82) is 0 Å². The van der Waals surface area contributed by atoms with Crippen molar-refractivity contribution in [2.24, 2.45) is 0 Å². The summed E-state index contributed by atoms with van der Waals surface area (Å²) in [5.74, 6) is 0. The molecule has 0 unspecified atom stereocenters. The van der Waals surface area contributed by atoms with Gasteiger partial charge in [-0.05, 0) is 76.5 Å². The van der Waals surface area contributed by atoms with E-state index in [1.165, 1.54) is 15.9 Å². The van der Waals surface area contributed by atoms with E-state index in [1.807, 2.05) is 26.8 Å². The molecule has 2 atom stereocenters. The standard InChI is InChI=1S/C37H45NO3SSi/c1-36(2,3)42(40)38-26-30-24-28(27-39)25-33(29-16-10-7-11-17-29)35(30)34(38)22-23-41-43(37(4,5)6,31-18-12-8-13-19-31)32-20-14-9-15-21-32/h7-21,24-25,34,39H,22-23,26-27H2,1-6H3/t34-,42-/m1/s1. The van der Waals surface area contributed by atoms with Crippen molar-refractivity contribution in [3.8, 4) is 11.1 Å². The van der Waals surface area contributed by atoms with Crippen molar-refractivity contribution >= 4 is 29.7 Å². The molecule has 6 heteroatoms. The van der Waals surface area contributed by atoms with E-state index >= 15 is 0 Å². The number of hydrogen-bond acceptors (Lipinski definition) is 3. The highest BCUT2D eigenvalue weighted by molar-refractivity contribution is 7.84. The largest absolute Gasteiger partial charge is 0.407 e. The van der Waals surface area contributed by atoms with Gasteiger partial charge in [-0.3, -0.25) is 0 Å². The van der Waals surface area contributed by atoms with Crippen LogP contribution in [-0.4, -0.2) is 33.3 Å². The summed E-state index contributed by atoms with van der Waals surface area (Å²) in [5, 5.41) is 12.5. The minimum Gasteiger partial charge on any atom is -0.407 e. The number of benzene rings is 4. The first-order chi connectivity index (χ1) is 20.5. The van der Waals surface area contributed by atoms with E-state index in [0.717, 1.165) is 22.3 Å². The van der Waals surface area contributed by atoms with Gasteiger partial charge in [-0.1, -0.05) is 118 Å². The van der Waals surface area contributed by atoms with Crippen LogP contribution in [0.4, 0.5) is 0 Å². The van der Waals surface area contributed by atoms with E-state index < -0.39 is 24.1 Å². The van der Waals surface area contributed by atoms with Gasteiger partial charge >= 0.3 is 0 Å². The lowest BCUT2D eigenvalue weighted by molar-refractivity contribution is 0.244. The van der Waals surface area contributed by atoms with Crippen molar-refractivity contribution in [1.82, 2.24) is 4.31 Å². The van der Waals surface area contributed by atoms with Crippen molar-refractivity contribution < 1.29 is 13.7 Å². The molecule has 0 amide bonds. The van der Waals surface area contributed by atoms with Gasteiger partial charge in [0, 0.05) is 13.2 Å². The molecule has 0 saturated heterocycles. The van der Waals surface area contributed by atoms with Gasteiger partial charge in [0.25, 0.3) is 8.32 Å². The van der Waals surface area contributed by atoms with Crippen LogP contribution in [0.1, 0.15) is 70.7 Å². The molecule has 1 heterocycles. The molecule has 4 aromatic rings. The lowest BCUT2D eigenvalue weighted by atomic mass is 9.90. The summed E-state index contributed by atoms with van der Waals surface area (Å²) >= 11 is 0. The Bertz CT molecular complexity index is 1510. The Kier molecular flexibility index (Phi) is 9.26. The molecule has 0 fully saturated rings. The topological polar surface area (TPSA) is 49.8 Å². The molecule has 0 bridgehead atoms. The molecule has 5 rings (SSSR count). The number of nitrogens with zero attached hydrogens (tertiary/aromatic N) is 1. The maximum Gasteiger partial charge on any atom is 0.261 e. The maximum atomic E-state index is 14.1. The van der Waals surface area contributed by atoms with Crippen molar-refractivity contribution in [3.63, 3.8) is 0 Å². The summed E-state index contributed by atoms with van der Waals surface area (Å²) in [6.07, 6.45) is 0.706. The molecule has 4 aromatic carbocycles. The average Bonchev–Trinajstić information content (AvgIpc) is 3.36.